The number of amides is 1. The lowest BCUT2D eigenvalue weighted by atomic mass is 9.84. The smallest absolute Gasteiger partial charge is 0.348 e. The van der Waals surface area contributed by atoms with Gasteiger partial charge in [-0.25, -0.2) is 9.50 Å². The summed E-state index contributed by atoms with van der Waals surface area (Å²) in [6.07, 6.45) is 0.120. The Labute approximate surface area is 189 Å². The highest BCUT2D eigenvalue weighted by molar-refractivity contribution is 9.10. The third-order valence-electron chi connectivity index (χ3n) is 6.61. The van der Waals surface area contributed by atoms with Crippen molar-refractivity contribution >= 4 is 38.8 Å². The number of nitrogens with one attached hydrogen (secondary N) is 1. The summed E-state index contributed by atoms with van der Waals surface area (Å²) < 4.78 is 42.2. The van der Waals surface area contributed by atoms with Crippen LogP contribution in [0.2, 0.25) is 0 Å². The van der Waals surface area contributed by atoms with E-state index in [1.165, 1.54) is 30.6 Å². The van der Waals surface area contributed by atoms with Crippen LogP contribution in [0.1, 0.15) is 48.8 Å². The molecule has 2 saturated carbocycles. The van der Waals surface area contributed by atoms with Gasteiger partial charge in [-0.05, 0) is 77.4 Å². The number of nitrogens with zero attached hydrogens (tertiary/aromatic N) is 3. The SMILES string of the molecule is C[C@H](NC(=O)c1nn2c(C(F)(F)F)cc(-c3cccs3)nc2c1Br)[C@H]1C[C@@H]2CC[C@@H]1C2. The maximum atomic E-state index is 13.8. The third-order valence-corrected chi connectivity index (χ3v) is 8.23. The van der Waals surface area contributed by atoms with Crippen LogP contribution in [0.5, 0.6) is 0 Å². The van der Waals surface area contributed by atoms with E-state index < -0.39 is 17.8 Å². The molecule has 2 fully saturated rings. The minimum atomic E-state index is -4.65. The van der Waals surface area contributed by atoms with Gasteiger partial charge in [-0.2, -0.15) is 18.3 Å². The van der Waals surface area contributed by atoms with Gasteiger partial charge in [-0.3, -0.25) is 4.79 Å². The first-order valence-corrected chi connectivity index (χ1v) is 11.9. The molecule has 2 aliphatic carbocycles. The van der Waals surface area contributed by atoms with Crippen LogP contribution in [0.3, 0.4) is 0 Å². The molecule has 10 heteroatoms. The zero-order valence-electron chi connectivity index (χ0n) is 16.6. The van der Waals surface area contributed by atoms with Gasteiger partial charge in [0.2, 0.25) is 0 Å². The summed E-state index contributed by atoms with van der Waals surface area (Å²) in [6.45, 7) is 1.97. The van der Waals surface area contributed by atoms with Gasteiger partial charge in [0.25, 0.3) is 5.91 Å². The predicted molar refractivity (Wildman–Crippen MR) is 115 cm³/mol. The fourth-order valence-electron chi connectivity index (χ4n) is 5.18. The van der Waals surface area contributed by atoms with Crippen LogP contribution < -0.4 is 5.32 Å². The van der Waals surface area contributed by atoms with E-state index in [-0.39, 0.29) is 27.5 Å². The molecule has 0 saturated heterocycles. The summed E-state index contributed by atoms with van der Waals surface area (Å²) >= 11 is 4.58. The Hall–Kier alpha value is -1.94. The second-order valence-electron chi connectivity index (χ2n) is 8.50. The van der Waals surface area contributed by atoms with E-state index in [2.05, 4.69) is 31.3 Å². The lowest BCUT2D eigenvalue weighted by molar-refractivity contribution is -0.142. The molecule has 1 amide bonds. The molecule has 164 valence electrons. The van der Waals surface area contributed by atoms with Crippen molar-refractivity contribution in [3.8, 4) is 10.6 Å². The van der Waals surface area contributed by atoms with Gasteiger partial charge in [0.15, 0.2) is 17.0 Å². The van der Waals surface area contributed by atoms with Gasteiger partial charge < -0.3 is 5.32 Å². The Morgan fingerprint density at radius 3 is 2.77 bits per heavy atom. The summed E-state index contributed by atoms with van der Waals surface area (Å²) in [5.41, 5.74) is -0.896. The lowest BCUT2D eigenvalue weighted by Crippen LogP contribution is -2.40. The minimum absolute atomic E-state index is 0.0315. The van der Waals surface area contributed by atoms with Crippen molar-refractivity contribution in [1.29, 1.82) is 0 Å². The van der Waals surface area contributed by atoms with E-state index in [0.717, 1.165) is 18.4 Å². The molecule has 2 aliphatic rings. The largest absolute Gasteiger partial charge is 0.433 e. The normalized spacial score (nSPS) is 24.1. The Morgan fingerprint density at radius 1 is 1.35 bits per heavy atom. The average Bonchev–Trinajstić information content (AvgIpc) is 3.51. The first-order valence-electron chi connectivity index (χ1n) is 10.2. The van der Waals surface area contributed by atoms with Crippen molar-refractivity contribution in [3.63, 3.8) is 0 Å². The number of rotatable bonds is 4. The molecule has 5 nitrogen and oxygen atoms in total. The fraction of sp³-hybridized carbons (Fsp3) is 0.476. The van der Waals surface area contributed by atoms with E-state index >= 15 is 0 Å². The first-order chi connectivity index (χ1) is 14.7. The van der Waals surface area contributed by atoms with Gasteiger partial charge in [-0.1, -0.05) is 12.5 Å². The molecule has 3 aromatic heterocycles. The first kappa shape index (κ1) is 20.9. The maximum Gasteiger partial charge on any atom is 0.433 e. The van der Waals surface area contributed by atoms with Crippen LogP contribution in [0.4, 0.5) is 13.2 Å². The van der Waals surface area contributed by atoms with E-state index in [0.29, 0.717) is 21.2 Å². The lowest BCUT2D eigenvalue weighted by Gasteiger charge is -2.28. The summed E-state index contributed by atoms with van der Waals surface area (Å²) in [6, 6.07) is 4.37. The minimum Gasteiger partial charge on any atom is -0.348 e. The third kappa shape index (κ3) is 3.67. The summed E-state index contributed by atoms with van der Waals surface area (Å²) in [5, 5.41) is 8.75. The topological polar surface area (TPSA) is 59.3 Å². The van der Waals surface area contributed by atoms with Crippen LogP contribution in [0, 0.1) is 17.8 Å². The zero-order valence-corrected chi connectivity index (χ0v) is 19.0. The molecule has 0 aliphatic heterocycles. The van der Waals surface area contributed by atoms with Crippen molar-refractivity contribution in [3.05, 3.63) is 39.4 Å². The fourth-order valence-corrected chi connectivity index (χ4v) is 6.38. The number of hydrogen-bond donors (Lipinski definition) is 1. The number of thiophene rings is 1. The molecule has 4 atom stereocenters. The zero-order chi connectivity index (χ0) is 21.9. The van der Waals surface area contributed by atoms with Gasteiger partial charge in [0.1, 0.15) is 0 Å². The highest BCUT2D eigenvalue weighted by Gasteiger charge is 2.42. The summed E-state index contributed by atoms with van der Waals surface area (Å²) in [4.78, 5) is 17.9. The number of alkyl halides is 3. The summed E-state index contributed by atoms with van der Waals surface area (Å²) in [5.74, 6) is 1.29. The number of fused-ring (bicyclic) bond motifs is 3. The van der Waals surface area contributed by atoms with Crippen molar-refractivity contribution < 1.29 is 18.0 Å². The number of carbonyl (C=O) groups is 1. The van der Waals surface area contributed by atoms with Crippen LogP contribution >= 0.6 is 27.3 Å². The van der Waals surface area contributed by atoms with Crippen LogP contribution in [-0.2, 0) is 6.18 Å². The van der Waals surface area contributed by atoms with Crippen molar-refractivity contribution in [2.45, 2.75) is 44.8 Å². The Morgan fingerprint density at radius 2 is 2.16 bits per heavy atom. The van der Waals surface area contributed by atoms with E-state index in [1.807, 2.05) is 6.92 Å². The van der Waals surface area contributed by atoms with Crippen LogP contribution in [-0.4, -0.2) is 26.5 Å². The molecule has 0 radical (unpaired) electrons. The monoisotopic (exact) mass is 512 g/mol. The molecule has 31 heavy (non-hydrogen) atoms. The highest BCUT2D eigenvalue weighted by Crippen LogP contribution is 2.49. The van der Waals surface area contributed by atoms with Gasteiger partial charge >= 0.3 is 6.18 Å². The van der Waals surface area contributed by atoms with E-state index in [1.54, 1.807) is 17.5 Å². The quantitative estimate of drug-likeness (QED) is 0.480. The Bertz CT molecular complexity index is 1140. The number of halogens is 4. The molecular weight excluding hydrogens is 493 g/mol. The maximum absolute atomic E-state index is 13.8. The molecule has 3 aromatic rings. The van der Waals surface area contributed by atoms with E-state index in [9.17, 15) is 18.0 Å². The number of aromatic nitrogens is 3. The van der Waals surface area contributed by atoms with Crippen LogP contribution in [0.15, 0.2) is 28.1 Å². The van der Waals surface area contributed by atoms with Crippen molar-refractivity contribution in [2.75, 3.05) is 0 Å². The second-order valence-corrected chi connectivity index (χ2v) is 10.2. The molecule has 5 rings (SSSR count). The van der Waals surface area contributed by atoms with Gasteiger partial charge in [0, 0.05) is 6.04 Å². The van der Waals surface area contributed by atoms with Crippen LogP contribution in [0.25, 0.3) is 16.2 Å². The highest BCUT2D eigenvalue weighted by atomic mass is 79.9. The number of hydrogen-bond acceptors (Lipinski definition) is 4. The standard InChI is InChI=1S/C21H20BrF3N4OS/c1-10(13-8-11-4-5-12(13)7-11)26-20(30)18-17(22)19-27-14(15-3-2-6-31-15)9-16(21(23,24)25)29(19)28-18/h2-3,6,9-13H,4-5,7-8H2,1H3,(H,26,30)/t10-,11+,12+,13+/m0/s1. The molecule has 2 bridgehead atoms. The van der Waals surface area contributed by atoms with Crippen molar-refractivity contribution in [1.82, 2.24) is 19.9 Å². The molecule has 0 unspecified atom stereocenters. The predicted octanol–water partition coefficient (Wildman–Crippen LogP) is 5.79. The molecule has 0 spiro atoms. The second kappa shape index (κ2) is 7.58. The Kier molecular flexibility index (Phi) is 5.12. The summed E-state index contributed by atoms with van der Waals surface area (Å²) in [7, 11) is 0. The van der Waals surface area contributed by atoms with Gasteiger partial charge in [0.05, 0.1) is 15.0 Å². The molecular formula is C21H20BrF3N4OS. The Balaban J connectivity index is 1.50. The van der Waals surface area contributed by atoms with Crippen molar-refractivity contribution in [2.24, 2.45) is 17.8 Å². The molecule has 1 N–H and O–H groups in total. The van der Waals surface area contributed by atoms with Gasteiger partial charge in [-0.15, -0.1) is 11.3 Å². The van der Waals surface area contributed by atoms with E-state index in [4.69, 9.17) is 0 Å². The molecule has 3 heterocycles. The average molecular weight is 513 g/mol. The molecule has 0 aromatic carbocycles. The number of carbonyl (C=O) groups excluding carboxylic acids is 1.